The molecular weight excluding hydrogens is 356 g/mol. The number of thiazole rings is 1. The number of esters is 1. The molecule has 0 amide bonds. The Morgan fingerprint density at radius 2 is 2.33 bits per heavy atom. The van der Waals surface area contributed by atoms with Crippen LogP contribution in [0.25, 0.3) is 0 Å². The van der Waals surface area contributed by atoms with Gasteiger partial charge in [0.25, 0.3) is 0 Å². The SMILES string of the molecule is CCCCOCC1CC(CC)(c2csc(N)[nH+]2)C(=O)O1.[Br-]. The molecule has 0 aromatic carbocycles. The molecule has 0 radical (unpaired) electrons. The number of nitrogens with one attached hydrogen (secondary N) is 1. The molecule has 21 heavy (non-hydrogen) atoms. The first-order valence-electron chi connectivity index (χ1n) is 7.18. The van der Waals surface area contributed by atoms with Gasteiger partial charge in [0, 0.05) is 18.4 Å². The number of anilines is 1. The van der Waals surface area contributed by atoms with Gasteiger partial charge in [-0.2, -0.15) is 0 Å². The number of ether oxygens (including phenoxy) is 2. The van der Waals surface area contributed by atoms with E-state index in [4.69, 9.17) is 15.2 Å². The monoisotopic (exact) mass is 378 g/mol. The Kier molecular flexibility index (Phi) is 7.09. The van der Waals surface area contributed by atoms with Gasteiger partial charge < -0.3 is 26.5 Å². The number of hydrogen-bond donors (Lipinski definition) is 1. The molecule has 5 nitrogen and oxygen atoms in total. The summed E-state index contributed by atoms with van der Waals surface area (Å²) in [5.74, 6) is -0.168. The quantitative estimate of drug-likeness (QED) is 0.484. The van der Waals surface area contributed by atoms with Gasteiger partial charge in [0.15, 0.2) is 0 Å². The molecule has 1 aromatic heterocycles. The summed E-state index contributed by atoms with van der Waals surface area (Å²) in [7, 11) is 0. The van der Waals surface area contributed by atoms with Crippen molar-refractivity contribution in [3.8, 4) is 0 Å². The molecule has 1 saturated heterocycles. The predicted octanol–water partition coefficient (Wildman–Crippen LogP) is -1.07. The number of H-pyrrole nitrogens is 1. The number of nitrogen functional groups attached to an aromatic ring is 1. The highest BCUT2D eigenvalue weighted by molar-refractivity contribution is 7.13. The Bertz CT molecular complexity index is 469. The zero-order valence-corrected chi connectivity index (χ0v) is 14.9. The van der Waals surface area contributed by atoms with Gasteiger partial charge in [-0.15, -0.1) is 0 Å². The van der Waals surface area contributed by atoms with Crippen LogP contribution in [-0.2, 0) is 19.7 Å². The van der Waals surface area contributed by atoms with Crippen LogP contribution in [0.4, 0.5) is 5.13 Å². The number of cyclic esters (lactones) is 1. The maximum absolute atomic E-state index is 12.3. The van der Waals surface area contributed by atoms with E-state index in [2.05, 4.69) is 11.9 Å². The second-order valence-electron chi connectivity index (χ2n) is 5.23. The normalized spacial score (nSPS) is 24.7. The number of carbonyl (C=O) groups excluding carboxylic acids is 1. The lowest BCUT2D eigenvalue weighted by Crippen LogP contribution is -3.00. The van der Waals surface area contributed by atoms with Gasteiger partial charge in [0.05, 0.1) is 6.61 Å². The minimum Gasteiger partial charge on any atom is -1.00 e. The summed E-state index contributed by atoms with van der Waals surface area (Å²) in [6.07, 6.45) is 3.33. The summed E-state index contributed by atoms with van der Waals surface area (Å²) in [5.41, 5.74) is 6.01. The maximum atomic E-state index is 12.3. The number of carbonyl (C=O) groups is 1. The molecule has 3 N–H and O–H groups in total. The van der Waals surface area contributed by atoms with Gasteiger partial charge in [-0.25, -0.2) is 4.98 Å². The highest BCUT2D eigenvalue weighted by atomic mass is 79.9. The molecule has 2 rings (SSSR count). The smallest absolute Gasteiger partial charge is 0.329 e. The molecule has 1 aliphatic rings. The summed E-state index contributed by atoms with van der Waals surface area (Å²) in [4.78, 5) is 15.4. The number of aromatic nitrogens is 1. The van der Waals surface area contributed by atoms with Crippen LogP contribution < -0.4 is 27.7 Å². The first-order valence-corrected chi connectivity index (χ1v) is 8.06. The minimum atomic E-state index is -0.590. The average Bonchev–Trinajstić information content (AvgIpc) is 2.99. The number of nitrogens with two attached hydrogens (primary N) is 1. The predicted molar refractivity (Wildman–Crippen MR) is 77.5 cm³/mol. The highest BCUT2D eigenvalue weighted by Gasteiger charge is 2.52. The van der Waals surface area contributed by atoms with Crippen LogP contribution in [0.3, 0.4) is 0 Å². The van der Waals surface area contributed by atoms with Crippen LogP contribution >= 0.6 is 11.3 Å². The molecule has 2 unspecified atom stereocenters. The van der Waals surface area contributed by atoms with Crippen molar-refractivity contribution in [2.45, 2.75) is 51.0 Å². The van der Waals surface area contributed by atoms with Crippen molar-refractivity contribution in [1.29, 1.82) is 0 Å². The summed E-state index contributed by atoms with van der Waals surface area (Å²) >= 11 is 1.42. The lowest BCUT2D eigenvalue weighted by molar-refractivity contribution is -0.373. The lowest BCUT2D eigenvalue weighted by Gasteiger charge is -2.18. The van der Waals surface area contributed by atoms with E-state index in [1.54, 1.807) is 0 Å². The summed E-state index contributed by atoms with van der Waals surface area (Å²) < 4.78 is 11.1. The van der Waals surface area contributed by atoms with Crippen LogP contribution in [0.1, 0.15) is 45.2 Å². The summed E-state index contributed by atoms with van der Waals surface area (Å²) in [6.45, 7) is 5.33. The molecule has 0 aliphatic carbocycles. The number of hydrogen-bond acceptors (Lipinski definition) is 5. The van der Waals surface area contributed by atoms with Crippen LogP contribution in [0, 0.1) is 0 Å². The molecule has 7 heteroatoms. The van der Waals surface area contributed by atoms with E-state index in [1.165, 1.54) is 11.3 Å². The van der Waals surface area contributed by atoms with Crippen molar-refractivity contribution in [2.75, 3.05) is 18.9 Å². The van der Waals surface area contributed by atoms with Crippen molar-refractivity contribution >= 4 is 22.4 Å². The van der Waals surface area contributed by atoms with Crippen molar-refractivity contribution in [2.24, 2.45) is 0 Å². The van der Waals surface area contributed by atoms with Crippen LogP contribution in [0.5, 0.6) is 0 Å². The van der Waals surface area contributed by atoms with E-state index < -0.39 is 5.41 Å². The number of unbranched alkanes of at least 4 members (excludes halogenated alkanes) is 1. The molecule has 2 atom stereocenters. The highest BCUT2D eigenvalue weighted by Crippen LogP contribution is 2.39. The first kappa shape index (κ1) is 18.4. The van der Waals surface area contributed by atoms with Gasteiger partial charge in [0.1, 0.15) is 17.2 Å². The largest absolute Gasteiger partial charge is 1.00 e. The molecule has 120 valence electrons. The fraction of sp³-hybridized carbons (Fsp3) is 0.714. The third kappa shape index (κ3) is 3.96. The van der Waals surface area contributed by atoms with Gasteiger partial charge in [-0.3, -0.25) is 10.5 Å². The fourth-order valence-corrected chi connectivity index (χ4v) is 3.28. The molecular formula is C14H23BrN2O3S. The molecule has 1 fully saturated rings. The Morgan fingerprint density at radius 3 is 2.90 bits per heavy atom. The van der Waals surface area contributed by atoms with E-state index in [0.29, 0.717) is 24.6 Å². The van der Waals surface area contributed by atoms with Gasteiger partial charge >= 0.3 is 11.1 Å². The number of aromatic amines is 1. The molecule has 0 saturated carbocycles. The van der Waals surface area contributed by atoms with Crippen LogP contribution in [-0.4, -0.2) is 25.3 Å². The molecule has 2 heterocycles. The fourth-order valence-electron chi connectivity index (χ4n) is 2.58. The Balaban J connectivity index is 0.00000220. The van der Waals surface area contributed by atoms with E-state index >= 15 is 0 Å². The first-order chi connectivity index (χ1) is 9.62. The van der Waals surface area contributed by atoms with E-state index in [1.807, 2.05) is 12.3 Å². The van der Waals surface area contributed by atoms with Crippen molar-refractivity contribution in [1.82, 2.24) is 0 Å². The zero-order chi connectivity index (χ0) is 14.6. The third-order valence-corrected chi connectivity index (χ3v) is 4.58. The van der Waals surface area contributed by atoms with Crippen molar-refractivity contribution in [3.63, 3.8) is 0 Å². The summed E-state index contributed by atoms with van der Waals surface area (Å²) in [6, 6.07) is 0. The van der Waals surface area contributed by atoms with Crippen molar-refractivity contribution < 1.29 is 36.2 Å². The Labute approximate surface area is 140 Å². The second-order valence-corrected chi connectivity index (χ2v) is 6.15. The van der Waals surface area contributed by atoms with Crippen LogP contribution in [0.2, 0.25) is 0 Å². The zero-order valence-electron chi connectivity index (χ0n) is 12.5. The van der Waals surface area contributed by atoms with Gasteiger partial charge in [-0.1, -0.05) is 31.6 Å². The topological polar surface area (TPSA) is 75.7 Å². The Morgan fingerprint density at radius 1 is 1.57 bits per heavy atom. The summed E-state index contributed by atoms with van der Waals surface area (Å²) in [5, 5.41) is 2.53. The molecule has 1 aliphatic heterocycles. The number of halogens is 1. The van der Waals surface area contributed by atoms with Crippen LogP contribution in [0.15, 0.2) is 5.38 Å². The van der Waals surface area contributed by atoms with Gasteiger partial charge in [-0.05, 0) is 12.8 Å². The Hall–Kier alpha value is -0.660. The average molecular weight is 379 g/mol. The lowest BCUT2D eigenvalue weighted by atomic mass is 9.79. The standard InChI is InChI=1S/C14H22N2O3S.BrH/c1-3-5-6-18-8-10-7-14(4-2,12(17)19-10)11-9-20-13(15)16-11;/h9-10H,3-8H2,1-2H3,(H2,15,16);1H. The van der Waals surface area contributed by atoms with E-state index in [0.717, 1.165) is 25.1 Å². The molecule has 1 aromatic rings. The minimum absolute atomic E-state index is 0. The van der Waals surface area contributed by atoms with E-state index in [-0.39, 0.29) is 29.1 Å². The third-order valence-electron chi connectivity index (χ3n) is 3.87. The maximum Gasteiger partial charge on any atom is 0.329 e. The van der Waals surface area contributed by atoms with E-state index in [9.17, 15) is 4.79 Å². The van der Waals surface area contributed by atoms with Gasteiger partial charge in [0.2, 0.25) is 0 Å². The molecule has 0 spiro atoms. The van der Waals surface area contributed by atoms with Crippen molar-refractivity contribution in [3.05, 3.63) is 11.1 Å². The second kappa shape index (κ2) is 8.10. The molecule has 0 bridgehead atoms. The number of rotatable bonds is 7.